The van der Waals surface area contributed by atoms with Crippen molar-refractivity contribution in [2.75, 3.05) is 0 Å². The first-order chi connectivity index (χ1) is 6.50. The number of hydrogen-bond acceptors (Lipinski definition) is 1. The van der Waals surface area contributed by atoms with Gasteiger partial charge in [-0.15, -0.1) is 0 Å². The van der Waals surface area contributed by atoms with Crippen LogP contribution in [0.5, 0.6) is 0 Å². The Hall–Kier alpha value is -0.700. The smallest absolute Gasteiger partial charge is 0.143 e. The van der Waals surface area contributed by atoms with Gasteiger partial charge in [-0.2, -0.15) is 0 Å². The number of aryl methyl sites for hydroxylation is 1. The molecule has 0 fully saturated rings. The quantitative estimate of drug-likeness (QED) is 0.762. The first-order valence-corrected chi connectivity index (χ1v) is 5.32. The molecule has 0 bridgehead atoms. The Labute approximate surface area is 91.5 Å². The fraction of sp³-hybridized carbons (Fsp3) is 0.364. The van der Waals surface area contributed by atoms with Crippen LogP contribution in [0.4, 0.5) is 4.39 Å². The summed E-state index contributed by atoms with van der Waals surface area (Å²) in [4.78, 5) is 10.7. The summed E-state index contributed by atoms with van der Waals surface area (Å²) in [6, 6.07) is 4.92. The van der Waals surface area contributed by atoms with Crippen LogP contribution in [0.25, 0.3) is 0 Å². The summed E-state index contributed by atoms with van der Waals surface area (Å²) in [6.45, 7) is 3.40. The van der Waals surface area contributed by atoms with E-state index in [4.69, 9.17) is 0 Å². The summed E-state index contributed by atoms with van der Waals surface area (Å²) in [5, 5.41) is 0. The zero-order chi connectivity index (χ0) is 10.7. The van der Waals surface area contributed by atoms with Crippen molar-refractivity contribution in [3.63, 3.8) is 0 Å². The van der Waals surface area contributed by atoms with Gasteiger partial charge in [-0.25, -0.2) is 4.39 Å². The lowest BCUT2D eigenvalue weighted by molar-refractivity contribution is -0.116. The number of rotatable bonds is 3. The third-order valence-corrected chi connectivity index (χ3v) is 3.01. The Balaban J connectivity index is 2.85. The summed E-state index contributed by atoms with van der Waals surface area (Å²) in [7, 11) is 0. The van der Waals surface area contributed by atoms with Crippen molar-refractivity contribution in [1.29, 1.82) is 0 Å². The molecule has 14 heavy (non-hydrogen) atoms. The largest absolute Gasteiger partial charge is 0.299 e. The highest BCUT2D eigenvalue weighted by atomic mass is 79.9. The van der Waals surface area contributed by atoms with Gasteiger partial charge >= 0.3 is 0 Å². The summed E-state index contributed by atoms with van der Waals surface area (Å²) in [5.41, 5.74) is 1.59. The normalized spacial score (nSPS) is 12.6. The molecule has 0 radical (unpaired) electrons. The number of ketones is 1. The van der Waals surface area contributed by atoms with Gasteiger partial charge in [0.1, 0.15) is 11.6 Å². The number of halogens is 2. The summed E-state index contributed by atoms with van der Waals surface area (Å²) in [6.07, 6.45) is 0.406. The van der Waals surface area contributed by atoms with Gasteiger partial charge in [0.25, 0.3) is 0 Å². The maximum absolute atomic E-state index is 13.3. The lowest BCUT2D eigenvalue weighted by Gasteiger charge is -2.07. The zero-order valence-corrected chi connectivity index (χ0v) is 9.77. The van der Waals surface area contributed by atoms with E-state index < -0.39 is 0 Å². The molecule has 0 aliphatic carbocycles. The van der Waals surface area contributed by atoms with Crippen LogP contribution in [0, 0.1) is 12.7 Å². The second-order valence-corrected chi connectivity index (χ2v) is 4.48. The first-order valence-electron chi connectivity index (χ1n) is 4.40. The van der Waals surface area contributed by atoms with Gasteiger partial charge in [-0.3, -0.25) is 4.79 Å². The van der Waals surface area contributed by atoms with Gasteiger partial charge in [0.2, 0.25) is 0 Å². The van der Waals surface area contributed by atoms with E-state index in [2.05, 4.69) is 15.9 Å². The number of Topliss-reactive ketones (excluding diaryl/α,β-unsaturated/α-hetero) is 1. The van der Waals surface area contributed by atoms with Crippen LogP contribution >= 0.6 is 15.9 Å². The molecule has 0 aliphatic rings. The minimum atomic E-state index is -0.293. The van der Waals surface area contributed by atoms with Gasteiger partial charge in [-0.05, 0) is 31.9 Å². The average Bonchev–Trinajstić information content (AvgIpc) is 2.11. The highest BCUT2D eigenvalue weighted by molar-refractivity contribution is 9.10. The van der Waals surface area contributed by atoms with Crippen LogP contribution in [0.1, 0.15) is 18.1 Å². The van der Waals surface area contributed by atoms with Crippen molar-refractivity contribution < 1.29 is 9.18 Å². The van der Waals surface area contributed by atoms with E-state index in [1.807, 2.05) is 6.92 Å². The molecule has 1 unspecified atom stereocenters. The molecule has 76 valence electrons. The van der Waals surface area contributed by atoms with Crippen molar-refractivity contribution in [2.45, 2.75) is 25.1 Å². The molecule has 1 rings (SSSR count). The molecule has 0 amide bonds. The van der Waals surface area contributed by atoms with Gasteiger partial charge in [0.15, 0.2) is 0 Å². The van der Waals surface area contributed by atoms with E-state index in [0.717, 1.165) is 5.56 Å². The van der Waals surface area contributed by atoms with Crippen molar-refractivity contribution >= 4 is 21.7 Å². The molecule has 1 aromatic carbocycles. The van der Waals surface area contributed by atoms with Crippen LogP contribution in [-0.2, 0) is 11.2 Å². The molecule has 1 atom stereocenters. The molecule has 0 N–H and O–H groups in total. The Kier molecular flexibility index (Phi) is 3.81. The average molecular weight is 259 g/mol. The molecule has 0 heterocycles. The molecule has 0 aliphatic heterocycles. The highest BCUT2D eigenvalue weighted by Gasteiger charge is 2.13. The second kappa shape index (κ2) is 4.69. The first kappa shape index (κ1) is 11.4. The molecular formula is C11H12BrFO. The van der Waals surface area contributed by atoms with Gasteiger partial charge in [-0.1, -0.05) is 33.6 Å². The van der Waals surface area contributed by atoms with E-state index in [0.29, 0.717) is 12.0 Å². The van der Waals surface area contributed by atoms with E-state index in [-0.39, 0.29) is 16.4 Å². The molecule has 0 spiro atoms. The number of benzene rings is 1. The van der Waals surface area contributed by atoms with Crippen LogP contribution < -0.4 is 0 Å². The molecular weight excluding hydrogens is 247 g/mol. The van der Waals surface area contributed by atoms with Crippen molar-refractivity contribution in [2.24, 2.45) is 0 Å². The monoisotopic (exact) mass is 258 g/mol. The Morgan fingerprint density at radius 3 is 2.79 bits per heavy atom. The number of carbonyl (C=O) groups excluding carboxylic acids is 1. The Morgan fingerprint density at radius 1 is 1.57 bits per heavy atom. The van der Waals surface area contributed by atoms with Crippen molar-refractivity contribution in [3.05, 3.63) is 35.1 Å². The van der Waals surface area contributed by atoms with E-state index >= 15 is 0 Å². The lowest BCUT2D eigenvalue weighted by atomic mass is 10.1. The minimum absolute atomic E-state index is 0.0194. The van der Waals surface area contributed by atoms with Gasteiger partial charge < -0.3 is 0 Å². The van der Waals surface area contributed by atoms with Crippen LogP contribution in [0.15, 0.2) is 18.2 Å². The van der Waals surface area contributed by atoms with Gasteiger partial charge in [0, 0.05) is 0 Å². The molecule has 1 nitrogen and oxygen atoms in total. The highest BCUT2D eigenvalue weighted by Crippen LogP contribution is 2.16. The molecule has 0 saturated heterocycles. The second-order valence-electron chi connectivity index (χ2n) is 3.38. The third-order valence-electron chi connectivity index (χ3n) is 2.04. The fourth-order valence-electron chi connectivity index (χ4n) is 1.20. The van der Waals surface area contributed by atoms with E-state index in [9.17, 15) is 9.18 Å². The Morgan fingerprint density at radius 2 is 2.21 bits per heavy atom. The summed E-state index contributed by atoms with van der Waals surface area (Å²) >= 11 is 3.22. The maximum atomic E-state index is 13.3. The molecule has 1 aromatic rings. The predicted molar refractivity (Wildman–Crippen MR) is 58.2 cm³/mol. The number of hydrogen-bond donors (Lipinski definition) is 0. The standard InChI is InChI=1S/C11H12BrFO/c1-7-3-4-11(13)9(5-7)6-10(12)8(2)14/h3-5,10H,6H2,1-2H3. The van der Waals surface area contributed by atoms with E-state index in [1.54, 1.807) is 12.1 Å². The molecule has 3 heteroatoms. The maximum Gasteiger partial charge on any atom is 0.143 e. The summed E-state index contributed by atoms with van der Waals surface area (Å²) < 4.78 is 13.3. The lowest BCUT2D eigenvalue weighted by Crippen LogP contribution is -2.13. The van der Waals surface area contributed by atoms with Crippen molar-refractivity contribution in [1.82, 2.24) is 0 Å². The minimum Gasteiger partial charge on any atom is -0.299 e. The zero-order valence-electron chi connectivity index (χ0n) is 8.18. The Bertz CT molecular complexity index is 349. The number of carbonyl (C=O) groups is 1. The topological polar surface area (TPSA) is 17.1 Å². The van der Waals surface area contributed by atoms with Crippen LogP contribution in [-0.4, -0.2) is 10.6 Å². The number of alkyl halides is 1. The molecule has 0 aromatic heterocycles. The SMILES string of the molecule is CC(=O)C(Br)Cc1cc(C)ccc1F. The van der Waals surface area contributed by atoms with Gasteiger partial charge in [0.05, 0.1) is 4.83 Å². The predicted octanol–water partition coefficient (Wildman–Crippen LogP) is 3.03. The van der Waals surface area contributed by atoms with E-state index in [1.165, 1.54) is 13.0 Å². The van der Waals surface area contributed by atoms with Crippen LogP contribution in [0.3, 0.4) is 0 Å². The van der Waals surface area contributed by atoms with Crippen LogP contribution in [0.2, 0.25) is 0 Å². The summed E-state index contributed by atoms with van der Waals surface area (Å²) in [5.74, 6) is -0.229. The fourth-order valence-corrected chi connectivity index (χ4v) is 1.55. The third kappa shape index (κ3) is 2.91. The van der Waals surface area contributed by atoms with Crippen molar-refractivity contribution in [3.8, 4) is 0 Å². The molecule has 0 saturated carbocycles.